The number of hydrogen-bond donors (Lipinski definition) is 2. The maximum atomic E-state index is 10.2. The lowest BCUT2D eigenvalue weighted by atomic mass is 10.1. The number of nitrogens with one attached hydrogen (secondary N) is 1. The van der Waals surface area contributed by atoms with E-state index >= 15 is 0 Å². The number of phenols is 1. The third kappa shape index (κ3) is 4.42. The first-order valence-corrected chi connectivity index (χ1v) is 9.35. The smallest absolute Gasteiger partial charge is 0.165 e. The van der Waals surface area contributed by atoms with E-state index in [2.05, 4.69) is 20.5 Å². The second kappa shape index (κ2) is 8.54. The summed E-state index contributed by atoms with van der Waals surface area (Å²) in [6, 6.07) is 26.0. The number of nitrogens with zero attached hydrogens (tertiary/aromatic N) is 3. The molecule has 0 aliphatic rings. The highest BCUT2D eigenvalue weighted by atomic mass is 35.5. The summed E-state index contributed by atoms with van der Waals surface area (Å²) in [7, 11) is 0. The number of hydrogen-bond acceptors (Lipinski definition) is 5. The second-order valence-corrected chi connectivity index (χ2v) is 6.64. The van der Waals surface area contributed by atoms with E-state index in [-0.39, 0.29) is 5.75 Å². The van der Waals surface area contributed by atoms with Crippen LogP contribution in [0.2, 0.25) is 5.02 Å². The fourth-order valence-electron chi connectivity index (χ4n) is 2.79. The lowest BCUT2D eigenvalue weighted by Crippen LogP contribution is -1.99. The third-order valence-corrected chi connectivity index (χ3v) is 4.57. The fraction of sp³-hybridized carbons (Fsp3) is 0. The van der Waals surface area contributed by atoms with Crippen molar-refractivity contribution in [2.24, 2.45) is 5.10 Å². The first-order valence-electron chi connectivity index (χ1n) is 8.97. The van der Waals surface area contributed by atoms with Gasteiger partial charge >= 0.3 is 0 Å². The zero-order valence-electron chi connectivity index (χ0n) is 15.3. The van der Waals surface area contributed by atoms with E-state index in [0.717, 1.165) is 11.1 Å². The summed E-state index contributed by atoms with van der Waals surface area (Å²) in [5.74, 6) is 1.02. The molecule has 0 saturated heterocycles. The SMILES string of the molecule is Oc1ccccc1-c1nc(N/N=C\c2ccccc2Cl)cc(-c2ccccc2)n1. The highest BCUT2D eigenvalue weighted by molar-refractivity contribution is 6.33. The van der Waals surface area contributed by atoms with Crippen molar-refractivity contribution in [3.8, 4) is 28.4 Å². The Labute approximate surface area is 173 Å². The maximum Gasteiger partial charge on any atom is 0.165 e. The van der Waals surface area contributed by atoms with Gasteiger partial charge in [0.25, 0.3) is 0 Å². The van der Waals surface area contributed by atoms with E-state index in [4.69, 9.17) is 11.6 Å². The van der Waals surface area contributed by atoms with Crippen molar-refractivity contribution in [2.45, 2.75) is 0 Å². The van der Waals surface area contributed by atoms with Gasteiger partial charge in [0.05, 0.1) is 17.5 Å². The van der Waals surface area contributed by atoms with Crippen LogP contribution in [0.25, 0.3) is 22.6 Å². The van der Waals surface area contributed by atoms with Crippen LogP contribution < -0.4 is 5.43 Å². The number of halogens is 1. The number of benzene rings is 3. The largest absolute Gasteiger partial charge is 0.507 e. The number of hydrazone groups is 1. The number of rotatable bonds is 5. The number of phenolic OH excluding ortho intramolecular Hbond substituents is 1. The zero-order chi connectivity index (χ0) is 20.1. The van der Waals surface area contributed by atoms with Crippen molar-refractivity contribution in [2.75, 3.05) is 5.43 Å². The summed E-state index contributed by atoms with van der Waals surface area (Å²) in [5.41, 5.74) is 5.93. The standard InChI is InChI=1S/C23H17ClN4O/c24-19-12-6-4-10-17(19)15-25-28-22-14-20(16-8-2-1-3-9-16)26-23(27-22)18-11-5-7-13-21(18)29/h1-15,29H,(H,26,27,28)/b25-15-. The lowest BCUT2D eigenvalue weighted by Gasteiger charge is -2.09. The van der Waals surface area contributed by atoms with Crippen LogP contribution in [0.4, 0.5) is 5.82 Å². The summed E-state index contributed by atoms with van der Waals surface area (Å²) in [5, 5.41) is 15.1. The van der Waals surface area contributed by atoms with Gasteiger partial charge in [-0.3, -0.25) is 5.43 Å². The number of aromatic hydroxyl groups is 1. The van der Waals surface area contributed by atoms with Crippen molar-refractivity contribution >= 4 is 23.6 Å². The topological polar surface area (TPSA) is 70.4 Å². The number of aromatic nitrogens is 2. The molecule has 0 atom stereocenters. The van der Waals surface area contributed by atoms with Gasteiger partial charge in [0.1, 0.15) is 5.75 Å². The molecule has 2 N–H and O–H groups in total. The quantitative estimate of drug-likeness (QED) is 0.337. The number of anilines is 1. The molecule has 0 amide bonds. The Balaban J connectivity index is 1.72. The van der Waals surface area contributed by atoms with E-state index in [9.17, 15) is 5.11 Å². The highest BCUT2D eigenvalue weighted by Gasteiger charge is 2.11. The van der Waals surface area contributed by atoms with Gasteiger partial charge in [-0.2, -0.15) is 5.10 Å². The summed E-state index contributed by atoms with van der Waals surface area (Å²) in [4.78, 5) is 9.15. The molecule has 4 rings (SSSR count). The van der Waals surface area contributed by atoms with Crippen LogP contribution >= 0.6 is 11.6 Å². The molecule has 4 aromatic rings. The molecule has 1 aromatic heterocycles. The normalized spacial score (nSPS) is 10.9. The Morgan fingerprint density at radius 1 is 0.862 bits per heavy atom. The third-order valence-electron chi connectivity index (χ3n) is 4.23. The molecule has 0 radical (unpaired) electrons. The van der Waals surface area contributed by atoms with Crippen molar-refractivity contribution in [3.63, 3.8) is 0 Å². The van der Waals surface area contributed by atoms with E-state index in [1.807, 2.05) is 60.7 Å². The van der Waals surface area contributed by atoms with Gasteiger partial charge in [0.2, 0.25) is 0 Å². The van der Waals surface area contributed by atoms with Crippen LogP contribution in [0.15, 0.2) is 90.0 Å². The first kappa shape index (κ1) is 18.7. The molecule has 1 heterocycles. The summed E-state index contributed by atoms with van der Waals surface area (Å²) in [6.45, 7) is 0. The Morgan fingerprint density at radius 3 is 2.38 bits per heavy atom. The second-order valence-electron chi connectivity index (χ2n) is 6.24. The Morgan fingerprint density at radius 2 is 1.59 bits per heavy atom. The summed E-state index contributed by atoms with van der Waals surface area (Å²) in [6.07, 6.45) is 1.63. The predicted molar refractivity (Wildman–Crippen MR) is 117 cm³/mol. The average molecular weight is 401 g/mol. The van der Waals surface area contributed by atoms with Gasteiger partial charge in [-0.25, -0.2) is 9.97 Å². The minimum absolute atomic E-state index is 0.114. The average Bonchev–Trinajstić information content (AvgIpc) is 2.76. The molecule has 0 unspecified atom stereocenters. The van der Waals surface area contributed by atoms with Crippen molar-refractivity contribution in [1.29, 1.82) is 0 Å². The van der Waals surface area contributed by atoms with E-state index in [0.29, 0.717) is 27.9 Å². The Bertz CT molecular complexity index is 1160. The first-order chi connectivity index (χ1) is 14.2. The monoisotopic (exact) mass is 400 g/mol. The minimum Gasteiger partial charge on any atom is -0.507 e. The highest BCUT2D eigenvalue weighted by Crippen LogP contribution is 2.29. The molecule has 0 fully saturated rings. The van der Waals surface area contributed by atoms with E-state index < -0.39 is 0 Å². The van der Waals surface area contributed by atoms with Crippen LogP contribution in [-0.4, -0.2) is 21.3 Å². The molecule has 5 nitrogen and oxygen atoms in total. The molecule has 142 valence electrons. The van der Waals surface area contributed by atoms with Crippen molar-refractivity contribution < 1.29 is 5.11 Å². The lowest BCUT2D eigenvalue weighted by molar-refractivity contribution is 0.477. The van der Waals surface area contributed by atoms with Gasteiger partial charge in [0.15, 0.2) is 11.6 Å². The van der Waals surface area contributed by atoms with Crippen LogP contribution in [0.1, 0.15) is 5.56 Å². The maximum absolute atomic E-state index is 10.2. The minimum atomic E-state index is 0.114. The molecule has 3 aromatic carbocycles. The molecule has 0 spiro atoms. The van der Waals surface area contributed by atoms with E-state index in [1.54, 1.807) is 30.5 Å². The van der Waals surface area contributed by atoms with Gasteiger partial charge < -0.3 is 5.11 Å². The van der Waals surface area contributed by atoms with Gasteiger partial charge in [-0.05, 0) is 18.2 Å². The predicted octanol–water partition coefficient (Wildman–Crippen LogP) is 5.62. The Kier molecular flexibility index (Phi) is 5.49. The molecule has 0 aliphatic heterocycles. The van der Waals surface area contributed by atoms with Gasteiger partial charge in [-0.1, -0.05) is 72.3 Å². The van der Waals surface area contributed by atoms with Crippen molar-refractivity contribution in [1.82, 2.24) is 9.97 Å². The summed E-state index contributed by atoms with van der Waals surface area (Å²) >= 11 is 6.16. The molecular formula is C23H17ClN4O. The Hall–Kier alpha value is -3.70. The van der Waals surface area contributed by atoms with E-state index in [1.165, 1.54) is 0 Å². The van der Waals surface area contributed by atoms with Crippen LogP contribution in [-0.2, 0) is 0 Å². The van der Waals surface area contributed by atoms with Crippen LogP contribution in [0.5, 0.6) is 5.75 Å². The molecule has 29 heavy (non-hydrogen) atoms. The van der Waals surface area contributed by atoms with Gasteiger partial charge in [-0.15, -0.1) is 0 Å². The zero-order valence-corrected chi connectivity index (χ0v) is 16.1. The van der Waals surface area contributed by atoms with Crippen LogP contribution in [0.3, 0.4) is 0 Å². The molecule has 0 saturated carbocycles. The van der Waals surface area contributed by atoms with Crippen LogP contribution in [0, 0.1) is 0 Å². The van der Waals surface area contributed by atoms with Gasteiger partial charge in [0, 0.05) is 22.2 Å². The molecule has 0 aliphatic carbocycles. The molecule has 0 bridgehead atoms. The fourth-order valence-corrected chi connectivity index (χ4v) is 2.98. The number of para-hydroxylation sites is 1. The molecular weight excluding hydrogens is 384 g/mol. The molecule has 6 heteroatoms. The summed E-state index contributed by atoms with van der Waals surface area (Å²) < 4.78 is 0. The van der Waals surface area contributed by atoms with Crippen molar-refractivity contribution in [3.05, 3.63) is 95.5 Å².